The van der Waals surface area contributed by atoms with E-state index in [0.717, 1.165) is 35.2 Å². The van der Waals surface area contributed by atoms with Crippen LogP contribution in [0.4, 0.5) is 0 Å². The molecular formula is C45H80I3N3O7Si4. The van der Waals surface area contributed by atoms with Gasteiger partial charge in [0.15, 0.2) is 6.29 Å². The third-order valence-electron chi connectivity index (χ3n) is 8.97. The molecule has 3 heterocycles. The second-order valence-corrected chi connectivity index (χ2v) is 39.5. The highest BCUT2D eigenvalue weighted by Gasteiger charge is 2.24. The molecular weight excluding hydrogens is 1190 g/mol. The van der Waals surface area contributed by atoms with Crippen molar-refractivity contribution in [1.29, 1.82) is 0 Å². The van der Waals surface area contributed by atoms with E-state index in [1.165, 1.54) is 27.0 Å². The Hall–Kier alpha value is -1.06. The van der Waals surface area contributed by atoms with Gasteiger partial charge in [0, 0.05) is 35.5 Å². The van der Waals surface area contributed by atoms with Crippen LogP contribution in [0.1, 0.15) is 63.5 Å². The molecule has 0 aromatic carbocycles. The first-order valence-corrected chi connectivity index (χ1v) is 36.8. The summed E-state index contributed by atoms with van der Waals surface area (Å²) in [5, 5.41) is 20.5. The maximum absolute atomic E-state index is 10.9. The zero-order valence-corrected chi connectivity index (χ0v) is 50.7. The van der Waals surface area contributed by atoms with Gasteiger partial charge in [0.25, 0.3) is 0 Å². The molecule has 0 aliphatic heterocycles. The average molecular weight is 1270 g/mol. The summed E-state index contributed by atoms with van der Waals surface area (Å²) in [4.78, 5) is 24.4. The predicted octanol–water partition coefficient (Wildman–Crippen LogP) is 10.6. The summed E-state index contributed by atoms with van der Waals surface area (Å²) in [6.07, 6.45) is 8.25. The number of aldehydes is 1. The highest BCUT2D eigenvalue weighted by atomic mass is 127. The Morgan fingerprint density at radius 2 is 1.00 bits per heavy atom. The van der Waals surface area contributed by atoms with E-state index in [2.05, 4.69) is 175 Å². The molecule has 17 heteroatoms. The number of rotatable bonds is 16. The molecule has 0 saturated heterocycles. The summed E-state index contributed by atoms with van der Waals surface area (Å²) in [6, 6.07) is 10.7. The lowest BCUT2D eigenvalue weighted by atomic mass is 10.3. The van der Waals surface area contributed by atoms with E-state index in [9.17, 15) is 9.90 Å². The smallest absolute Gasteiger partial charge is 0.224 e. The van der Waals surface area contributed by atoms with Gasteiger partial charge in [-0.05, 0) is 99.8 Å². The van der Waals surface area contributed by atoms with Crippen LogP contribution in [0, 0.1) is 10.7 Å². The van der Waals surface area contributed by atoms with Gasteiger partial charge in [0.05, 0.1) is 64.4 Å². The lowest BCUT2D eigenvalue weighted by Crippen LogP contribution is -2.40. The molecule has 0 aliphatic rings. The van der Waals surface area contributed by atoms with E-state index in [1.54, 1.807) is 33.5 Å². The van der Waals surface area contributed by atoms with Crippen molar-refractivity contribution in [2.45, 2.75) is 132 Å². The monoisotopic (exact) mass is 1270 g/mol. The van der Waals surface area contributed by atoms with Gasteiger partial charge >= 0.3 is 0 Å². The van der Waals surface area contributed by atoms with Gasteiger partial charge < -0.3 is 29.2 Å². The van der Waals surface area contributed by atoms with Crippen LogP contribution in [-0.4, -0.2) is 99.0 Å². The van der Waals surface area contributed by atoms with E-state index in [1.807, 2.05) is 32.1 Å². The molecule has 0 amide bonds. The zero-order valence-electron chi connectivity index (χ0n) is 40.1. The molecule has 0 saturated carbocycles. The third-order valence-corrected chi connectivity index (χ3v) is 20.6. The summed E-state index contributed by atoms with van der Waals surface area (Å²) in [6.45, 7) is 32.3. The lowest BCUT2D eigenvalue weighted by molar-refractivity contribution is 0.111. The van der Waals surface area contributed by atoms with Crippen molar-refractivity contribution in [3.05, 3.63) is 69.9 Å². The molecule has 0 bridgehead atoms. The van der Waals surface area contributed by atoms with Gasteiger partial charge in [0.1, 0.15) is 24.2 Å². The molecule has 354 valence electrons. The Morgan fingerprint density at radius 1 is 0.629 bits per heavy atom. The van der Waals surface area contributed by atoms with Crippen LogP contribution in [-0.2, 0) is 18.0 Å². The quantitative estimate of drug-likeness (QED) is 0.0470. The molecule has 62 heavy (non-hydrogen) atoms. The number of hydrogen-bond donors (Lipinski definition) is 2. The number of aliphatic hydroxyl groups is 2. The molecule has 0 fully saturated rings. The maximum Gasteiger partial charge on any atom is 0.224 e. The highest BCUT2D eigenvalue weighted by molar-refractivity contribution is 14.1. The molecule has 0 unspecified atom stereocenters. The van der Waals surface area contributed by atoms with Crippen molar-refractivity contribution in [2.24, 2.45) is 0 Å². The Kier molecular flexibility index (Phi) is 36.1. The van der Waals surface area contributed by atoms with Crippen molar-refractivity contribution < 1.29 is 34.0 Å². The number of aliphatic hydroxyl groups excluding tert-OH is 2. The summed E-state index contributed by atoms with van der Waals surface area (Å²) >= 11 is 6.70. The van der Waals surface area contributed by atoms with Crippen LogP contribution >= 0.6 is 67.8 Å². The van der Waals surface area contributed by atoms with Crippen molar-refractivity contribution in [2.75, 3.05) is 34.5 Å². The minimum absolute atomic E-state index is 0. The molecule has 0 atom stereocenters. The van der Waals surface area contributed by atoms with Crippen LogP contribution < -0.4 is 30.2 Å². The van der Waals surface area contributed by atoms with Gasteiger partial charge in [-0.1, -0.05) is 130 Å². The Balaban J connectivity index is -0.000000743. The molecule has 10 nitrogen and oxygen atoms in total. The van der Waals surface area contributed by atoms with Gasteiger partial charge in [-0.25, -0.2) is 15.0 Å². The summed E-state index contributed by atoms with van der Waals surface area (Å²) in [7, 11) is 0.315. The fourth-order valence-corrected chi connectivity index (χ4v) is 12.5. The van der Waals surface area contributed by atoms with Crippen LogP contribution in [0.15, 0.2) is 42.5 Å². The normalized spacial score (nSPS) is 11.2. The minimum atomic E-state index is -1.46. The molecule has 3 aromatic heterocycles. The number of halogens is 3. The lowest BCUT2D eigenvalue weighted by Gasteiger charge is -2.19. The SMILES string of the molecule is C.CC=CCO.CC=CCOCc1c(I)cc([Si](C)(C)C)nc1OC.CC[SiH](CC)CC.COc1nc([Si](C)(C)C)cc(I)c1C=O.COc1nc([Si](C)(C)C)cc(I)c1CO. The van der Waals surface area contributed by atoms with E-state index < -0.39 is 24.2 Å². The number of methoxy groups -OCH3 is 3. The Morgan fingerprint density at radius 3 is 1.29 bits per heavy atom. The van der Waals surface area contributed by atoms with Crippen LogP contribution in [0.25, 0.3) is 0 Å². The van der Waals surface area contributed by atoms with Crippen LogP contribution in [0.5, 0.6) is 17.6 Å². The number of hydrogen-bond acceptors (Lipinski definition) is 10. The molecule has 3 rings (SSSR count). The topological polar surface area (TPSA) is 133 Å². The van der Waals surface area contributed by atoms with Crippen molar-refractivity contribution in [3.63, 3.8) is 0 Å². The first-order chi connectivity index (χ1) is 28.4. The number of carbonyl (C=O) groups excluding carboxylic acids is 1. The fraction of sp³-hybridized carbons (Fsp3) is 0.556. The van der Waals surface area contributed by atoms with Gasteiger partial charge in [-0.2, -0.15) is 0 Å². The Labute approximate surface area is 422 Å². The number of aromatic nitrogens is 3. The molecule has 0 radical (unpaired) electrons. The van der Waals surface area contributed by atoms with E-state index in [-0.39, 0.29) is 29.4 Å². The standard InChI is InChI=1S/C14H22INO2Si.C10H16INO2Si.C10H14INO2Si.C6H16Si.C4H8O.CH4/c1-6-7-8-18-10-11-12(15)9-13(19(3,4)5)16-14(11)17-2;2*1-14-10-7(6-13)8(11)5-9(12-10)15(2,3)4;1-4-7(5-2)6-3;1-2-3-4-5;/h6-7,9H,8,10H2,1-5H3;5,13H,6H2,1-4H3;5-6H,1-4H3;7H,4-6H2,1-3H3;2-3,5H,4H2,1H3;1H4. The molecule has 0 spiro atoms. The number of ether oxygens (including phenoxy) is 4. The van der Waals surface area contributed by atoms with Gasteiger partial charge in [-0.15, -0.1) is 0 Å². The number of allylic oxidation sites excluding steroid dienone is 2. The van der Waals surface area contributed by atoms with E-state index in [0.29, 0.717) is 36.4 Å². The minimum Gasteiger partial charge on any atom is -0.481 e. The molecule has 0 aliphatic carbocycles. The number of carbonyl (C=O) groups is 1. The second kappa shape index (κ2) is 34.3. The first kappa shape index (κ1) is 65.2. The molecule has 3 aromatic rings. The molecule has 2 N–H and O–H groups in total. The van der Waals surface area contributed by atoms with Gasteiger partial charge in [-0.3, -0.25) is 4.79 Å². The highest BCUT2D eigenvalue weighted by Crippen LogP contribution is 2.24. The average Bonchev–Trinajstić information content (AvgIpc) is 3.20. The Bertz CT molecular complexity index is 1770. The second-order valence-electron chi connectivity index (χ2n) is 16.8. The van der Waals surface area contributed by atoms with Crippen LogP contribution in [0.3, 0.4) is 0 Å². The van der Waals surface area contributed by atoms with Crippen molar-refractivity contribution in [1.82, 2.24) is 15.0 Å². The van der Waals surface area contributed by atoms with E-state index in [4.69, 9.17) is 24.1 Å². The summed E-state index contributed by atoms with van der Waals surface area (Å²) < 4.78 is 24.5. The maximum atomic E-state index is 10.9. The zero-order chi connectivity index (χ0) is 47.6. The van der Waals surface area contributed by atoms with Crippen molar-refractivity contribution >= 4 is 123 Å². The van der Waals surface area contributed by atoms with Crippen molar-refractivity contribution in [3.8, 4) is 17.6 Å². The third kappa shape index (κ3) is 25.0. The fourth-order valence-electron chi connectivity index (χ4n) is 4.86. The summed E-state index contributed by atoms with van der Waals surface area (Å²) in [5.41, 5.74) is 2.36. The first-order valence-electron chi connectivity index (χ1n) is 20.7. The number of pyridine rings is 3. The summed E-state index contributed by atoms with van der Waals surface area (Å²) in [5.74, 6) is 1.70. The van der Waals surface area contributed by atoms with Gasteiger partial charge in [0.2, 0.25) is 17.6 Å². The van der Waals surface area contributed by atoms with Crippen LogP contribution in [0.2, 0.25) is 77.1 Å². The number of nitrogens with zero attached hydrogens (tertiary/aromatic N) is 3. The predicted molar refractivity (Wildman–Crippen MR) is 302 cm³/mol. The largest absolute Gasteiger partial charge is 0.481 e. The van der Waals surface area contributed by atoms with E-state index >= 15 is 0 Å².